The Kier molecular flexibility index (Phi) is 4.74. The predicted molar refractivity (Wildman–Crippen MR) is 73.2 cm³/mol. The van der Waals surface area contributed by atoms with Gasteiger partial charge in [-0.1, -0.05) is 30.3 Å². The van der Waals surface area contributed by atoms with Crippen LogP contribution in [0.25, 0.3) is 0 Å². The summed E-state index contributed by atoms with van der Waals surface area (Å²) in [6, 6.07) is 9.94. The lowest BCUT2D eigenvalue weighted by Crippen LogP contribution is -2.20. The molecule has 0 spiro atoms. The molecule has 2 rings (SSSR count). The van der Waals surface area contributed by atoms with E-state index in [4.69, 9.17) is 10.2 Å². The quantitative estimate of drug-likeness (QED) is 0.827. The van der Waals surface area contributed by atoms with Crippen LogP contribution in [0.15, 0.2) is 30.3 Å². The normalized spacial score (nSPS) is 22.8. The molecular weight excluding hydrogens is 258 g/mol. The molecule has 1 heterocycles. The Labute approximate surface area is 117 Å². The first-order chi connectivity index (χ1) is 9.54. The lowest BCUT2D eigenvalue weighted by atomic mass is 9.90. The van der Waals surface area contributed by atoms with Crippen LogP contribution in [0.1, 0.15) is 18.4 Å². The second-order valence-electron chi connectivity index (χ2n) is 5.40. The van der Waals surface area contributed by atoms with Gasteiger partial charge in [0.25, 0.3) is 0 Å². The van der Waals surface area contributed by atoms with Crippen molar-refractivity contribution in [1.82, 2.24) is 4.90 Å². The SMILES string of the molecule is O=C(O)CC1CN(Cc2ccccc2)CC1CC(=O)O. The number of aliphatic carboxylic acids is 2. The molecule has 1 aromatic carbocycles. The molecule has 2 unspecified atom stereocenters. The number of hydrogen-bond donors (Lipinski definition) is 2. The Morgan fingerprint density at radius 3 is 1.95 bits per heavy atom. The van der Waals surface area contributed by atoms with E-state index in [2.05, 4.69) is 4.90 Å². The third-order valence-electron chi connectivity index (χ3n) is 3.77. The van der Waals surface area contributed by atoms with Crippen LogP contribution in [0.5, 0.6) is 0 Å². The van der Waals surface area contributed by atoms with Gasteiger partial charge in [0.15, 0.2) is 0 Å². The summed E-state index contributed by atoms with van der Waals surface area (Å²) in [5, 5.41) is 17.9. The molecule has 1 saturated heterocycles. The average molecular weight is 277 g/mol. The fourth-order valence-electron chi connectivity index (χ4n) is 2.92. The summed E-state index contributed by atoms with van der Waals surface area (Å²) in [5.74, 6) is -1.86. The molecule has 2 atom stereocenters. The molecule has 0 aromatic heterocycles. The molecule has 1 aliphatic rings. The van der Waals surface area contributed by atoms with Gasteiger partial charge >= 0.3 is 11.9 Å². The average Bonchev–Trinajstić information content (AvgIpc) is 2.70. The highest BCUT2D eigenvalue weighted by molar-refractivity contribution is 5.69. The molecule has 108 valence electrons. The minimum absolute atomic E-state index is 0.0449. The monoisotopic (exact) mass is 277 g/mol. The third-order valence-corrected chi connectivity index (χ3v) is 3.77. The van der Waals surface area contributed by atoms with Crippen LogP contribution in [-0.4, -0.2) is 40.1 Å². The van der Waals surface area contributed by atoms with E-state index in [1.807, 2.05) is 30.3 Å². The van der Waals surface area contributed by atoms with E-state index in [9.17, 15) is 9.59 Å². The summed E-state index contributed by atoms with van der Waals surface area (Å²) in [5.41, 5.74) is 1.16. The van der Waals surface area contributed by atoms with Gasteiger partial charge in [0, 0.05) is 32.5 Å². The number of benzene rings is 1. The highest BCUT2D eigenvalue weighted by Crippen LogP contribution is 2.30. The second-order valence-corrected chi connectivity index (χ2v) is 5.40. The maximum absolute atomic E-state index is 10.9. The first kappa shape index (κ1) is 14.5. The number of carbonyl (C=O) groups is 2. The van der Waals surface area contributed by atoms with Crippen molar-refractivity contribution in [3.8, 4) is 0 Å². The molecule has 2 N–H and O–H groups in total. The van der Waals surface area contributed by atoms with E-state index in [0.717, 1.165) is 12.1 Å². The number of rotatable bonds is 6. The van der Waals surface area contributed by atoms with Crippen molar-refractivity contribution in [2.45, 2.75) is 19.4 Å². The van der Waals surface area contributed by atoms with Gasteiger partial charge in [0.2, 0.25) is 0 Å². The van der Waals surface area contributed by atoms with Crippen molar-refractivity contribution in [2.24, 2.45) is 11.8 Å². The van der Waals surface area contributed by atoms with Crippen molar-refractivity contribution in [3.05, 3.63) is 35.9 Å². The smallest absolute Gasteiger partial charge is 0.303 e. The van der Waals surface area contributed by atoms with Crippen molar-refractivity contribution >= 4 is 11.9 Å². The number of carboxylic acid groups (broad SMARTS) is 2. The van der Waals surface area contributed by atoms with Gasteiger partial charge in [-0.05, 0) is 17.4 Å². The predicted octanol–water partition coefficient (Wildman–Crippen LogP) is 1.68. The minimum atomic E-state index is -0.855. The molecule has 20 heavy (non-hydrogen) atoms. The molecule has 0 amide bonds. The zero-order valence-electron chi connectivity index (χ0n) is 11.2. The Morgan fingerprint density at radius 1 is 1.00 bits per heavy atom. The lowest BCUT2D eigenvalue weighted by Gasteiger charge is -2.15. The van der Waals surface area contributed by atoms with Crippen LogP contribution in [0, 0.1) is 11.8 Å². The Morgan fingerprint density at radius 2 is 1.50 bits per heavy atom. The molecule has 0 saturated carbocycles. The summed E-state index contributed by atoms with van der Waals surface area (Å²) >= 11 is 0. The number of carboxylic acids is 2. The maximum Gasteiger partial charge on any atom is 0.303 e. The van der Waals surface area contributed by atoms with E-state index in [1.54, 1.807) is 0 Å². The lowest BCUT2D eigenvalue weighted by molar-refractivity contribution is -0.141. The molecule has 5 heteroatoms. The number of nitrogens with zero attached hydrogens (tertiary/aromatic N) is 1. The van der Waals surface area contributed by atoms with Gasteiger partial charge in [-0.3, -0.25) is 14.5 Å². The summed E-state index contributed by atoms with van der Waals surface area (Å²) in [6.07, 6.45) is 0.0898. The standard InChI is InChI=1S/C15H19NO4/c17-14(18)6-12-9-16(10-13(12)7-15(19)20)8-11-4-2-1-3-5-11/h1-5,12-13H,6-10H2,(H,17,18)(H,19,20). The number of hydrogen-bond acceptors (Lipinski definition) is 3. The van der Waals surface area contributed by atoms with Gasteiger partial charge < -0.3 is 10.2 Å². The third kappa shape index (κ3) is 4.06. The van der Waals surface area contributed by atoms with Crippen LogP contribution in [-0.2, 0) is 16.1 Å². The fraction of sp³-hybridized carbons (Fsp3) is 0.467. The zero-order chi connectivity index (χ0) is 14.5. The van der Waals surface area contributed by atoms with E-state index < -0.39 is 11.9 Å². The largest absolute Gasteiger partial charge is 0.481 e. The summed E-state index contributed by atoms with van der Waals surface area (Å²) < 4.78 is 0. The highest BCUT2D eigenvalue weighted by atomic mass is 16.4. The van der Waals surface area contributed by atoms with Crippen molar-refractivity contribution in [1.29, 1.82) is 0 Å². The summed E-state index contributed by atoms with van der Waals surface area (Å²) in [7, 11) is 0. The molecule has 1 aliphatic heterocycles. The molecule has 1 aromatic rings. The first-order valence-electron chi connectivity index (χ1n) is 6.74. The van der Waals surface area contributed by atoms with E-state index in [1.165, 1.54) is 0 Å². The van der Waals surface area contributed by atoms with Gasteiger partial charge in [-0.15, -0.1) is 0 Å². The topological polar surface area (TPSA) is 77.8 Å². The van der Waals surface area contributed by atoms with Crippen LogP contribution >= 0.6 is 0 Å². The molecule has 0 bridgehead atoms. The minimum Gasteiger partial charge on any atom is -0.481 e. The van der Waals surface area contributed by atoms with Crippen molar-refractivity contribution in [3.63, 3.8) is 0 Å². The van der Waals surface area contributed by atoms with Crippen LogP contribution < -0.4 is 0 Å². The van der Waals surface area contributed by atoms with Gasteiger partial charge in [0.1, 0.15) is 0 Å². The highest BCUT2D eigenvalue weighted by Gasteiger charge is 2.35. The van der Waals surface area contributed by atoms with Crippen LogP contribution in [0.4, 0.5) is 0 Å². The number of likely N-dealkylation sites (tertiary alicyclic amines) is 1. The Hall–Kier alpha value is -1.88. The fourth-order valence-corrected chi connectivity index (χ4v) is 2.92. The van der Waals surface area contributed by atoms with Gasteiger partial charge in [-0.2, -0.15) is 0 Å². The second kappa shape index (κ2) is 6.52. The first-order valence-corrected chi connectivity index (χ1v) is 6.74. The molecular formula is C15H19NO4. The molecule has 0 radical (unpaired) electrons. The summed E-state index contributed by atoms with van der Waals surface area (Å²) in [4.78, 5) is 23.9. The summed E-state index contributed by atoms with van der Waals surface area (Å²) in [6.45, 7) is 2.05. The van der Waals surface area contributed by atoms with E-state index in [-0.39, 0.29) is 24.7 Å². The van der Waals surface area contributed by atoms with Crippen molar-refractivity contribution in [2.75, 3.05) is 13.1 Å². The molecule has 0 aliphatic carbocycles. The van der Waals surface area contributed by atoms with Gasteiger partial charge in [-0.25, -0.2) is 0 Å². The van der Waals surface area contributed by atoms with Gasteiger partial charge in [0.05, 0.1) is 0 Å². The Bertz CT molecular complexity index is 450. The van der Waals surface area contributed by atoms with Crippen LogP contribution in [0.2, 0.25) is 0 Å². The van der Waals surface area contributed by atoms with Crippen molar-refractivity contribution < 1.29 is 19.8 Å². The Balaban J connectivity index is 1.99. The van der Waals surface area contributed by atoms with E-state index >= 15 is 0 Å². The zero-order valence-corrected chi connectivity index (χ0v) is 11.2. The van der Waals surface area contributed by atoms with Crippen LogP contribution in [0.3, 0.4) is 0 Å². The molecule has 5 nitrogen and oxygen atoms in total. The molecule has 1 fully saturated rings. The maximum atomic E-state index is 10.9. The van der Waals surface area contributed by atoms with E-state index in [0.29, 0.717) is 13.1 Å².